The predicted octanol–water partition coefficient (Wildman–Crippen LogP) is 3.90. The molecule has 1 atom stereocenters. The Hall–Kier alpha value is -2.91. The Labute approximate surface area is 173 Å². The highest BCUT2D eigenvalue weighted by Crippen LogP contribution is 2.26. The molecule has 3 rings (SSSR count). The lowest BCUT2D eigenvalue weighted by Gasteiger charge is -2.13. The number of amides is 1. The molecular formula is C20H21N3O4S2. The van der Waals surface area contributed by atoms with E-state index in [4.69, 9.17) is 4.74 Å². The van der Waals surface area contributed by atoms with Crippen LogP contribution in [-0.4, -0.2) is 31.7 Å². The highest BCUT2D eigenvalue weighted by molar-refractivity contribution is 7.92. The zero-order chi connectivity index (χ0) is 21.0. The first kappa shape index (κ1) is 20.8. The number of hydrogen-bond acceptors (Lipinski definition) is 6. The molecule has 2 N–H and O–H groups in total. The molecule has 0 aliphatic rings. The molecule has 0 saturated heterocycles. The van der Waals surface area contributed by atoms with E-state index in [1.54, 1.807) is 31.2 Å². The van der Waals surface area contributed by atoms with E-state index in [0.717, 1.165) is 17.4 Å². The van der Waals surface area contributed by atoms with Gasteiger partial charge in [0.05, 0.1) is 11.9 Å². The van der Waals surface area contributed by atoms with Crippen LogP contribution in [0, 0.1) is 6.92 Å². The zero-order valence-electron chi connectivity index (χ0n) is 16.2. The maximum atomic E-state index is 12.4. The number of rotatable bonds is 7. The smallest absolute Gasteiger partial charge is 0.266 e. The van der Waals surface area contributed by atoms with Gasteiger partial charge in [-0.05, 0) is 38.1 Å². The summed E-state index contributed by atoms with van der Waals surface area (Å²) in [5.41, 5.74) is 3.08. The number of aryl methyl sites for hydroxylation is 1. The van der Waals surface area contributed by atoms with Gasteiger partial charge in [-0.2, -0.15) is 0 Å². The number of nitrogens with zero attached hydrogens (tertiary/aromatic N) is 1. The molecule has 1 heterocycles. The van der Waals surface area contributed by atoms with Crippen LogP contribution in [0.1, 0.15) is 12.5 Å². The van der Waals surface area contributed by atoms with Gasteiger partial charge in [-0.25, -0.2) is 13.4 Å². The van der Waals surface area contributed by atoms with E-state index in [-0.39, 0.29) is 5.91 Å². The van der Waals surface area contributed by atoms with Crippen molar-refractivity contribution in [3.8, 4) is 17.0 Å². The molecule has 152 valence electrons. The van der Waals surface area contributed by atoms with Crippen LogP contribution >= 0.6 is 11.3 Å². The second-order valence-corrected chi connectivity index (χ2v) is 9.16. The minimum absolute atomic E-state index is 0.292. The number of aromatic nitrogens is 1. The summed E-state index contributed by atoms with van der Waals surface area (Å²) < 4.78 is 30.6. The van der Waals surface area contributed by atoms with E-state index < -0.39 is 16.1 Å². The van der Waals surface area contributed by atoms with Gasteiger partial charge in [-0.1, -0.05) is 29.8 Å². The number of sulfonamides is 1. The lowest BCUT2D eigenvalue weighted by Crippen LogP contribution is -2.30. The number of ether oxygens (including phenoxy) is 1. The molecule has 0 radical (unpaired) electrons. The second kappa shape index (κ2) is 8.62. The van der Waals surface area contributed by atoms with Crippen molar-refractivity contribution in [1.82, 2.24) is 4.98 Å². The van der Waals surface area contributed by atoms with Gasteiger partial charge in [0.1, 0.15) is 5.75 Å². The molecule has 7 nitrogen and oxygen atoms in total. The van der Waals surface area contributed by atoms with Gasteiger partial charge in [-0.3, -0.25) is 14.8 Å². The molecule has 0 bridgehead atoms. The summed E-state index contributed by atoms with van der Waals surface area (Å²) >= 11 is 1.30. The van der Waals surface area contributed by atoms with Gasteiger partial charge in [-0.15, -0.1) is 11.3 Å². The van der Waals surface area contributed by atoms with Gasteiger partial charge in [0, 0.05) is 16.6 Å². The number of thiazole rings is 1. The number of anilines is 2. The van der Waals surface area contributed by atoms with E-state index >= 15 is 0 Å². The van der Waals surface area contributed by atoms with Crippen LogP contribution in [0.5, 0.6) is 5.75 Å². The quantitative estimate of drug-likeness (QED) is 0.591. The van der Waals surface area contributed by atoms with Crippen LogP contribution in [0.15, 0.2) is 53.9 Å². The first-order chi connectivity index (χ1) is 13.7. The van der Waals surface area contributed by atoms with E-state index in [9.17, 15) is 13.2 Å². The Morgan fingerprint density at radius 2 is 1.76 bits per heavy atom. The molecule has 29 heavy (non-hydrogen) atoms. The average Bonchev–Trinajstić information content (AvgIpc) is 3.11. The van der Waals surface area contributed by atoms with Gasteiger partial charge in [0.15, 0.2) is 11.2 Å². The summed E-state index contributed by atoms with van der Waals surface area (Å²) in [5.74, 6) is 0.333. The van der Waals surface area contributed by atoms with Crippen molar-refractivity contribution in [1.29, 1.82) is 0 Å². The lowest BCUT2D eigenvalue weighted by molar-refractivity contribution is -0.122. The van der Waals surface area contributed by atoms with Crippen LogP contribution in [0.3, 0.4) is 0 Å². The summed E-state index contributed by atoms with van der Waals surface area (Å²) in [7, 11) is -3.32. The number of nitrogens with one attached hydrogen (secondary N) is 2. The van der Waals surface area contributed by atoms with Crippen LogP contribution in [0.2, 0.25) is 0 Å². The van der Waals surface area contributed by atoms with Crippen LogP contribution in [0.25, 0.3) is 11.3 Å². The van der Waals surface area contributed by atoms with E-state index in [1.165, 1.54) is 11.3 Å². The van der Waals surface area contributed by atoms with Crippen LogP contribution in [0.4, 0.5) is 10.8 Å². The van der Waals surface area contributed by atoms with E-state index in [2.05, 4.69) is 15.0 Å². The largest absolute Gasteiger partial charge is 0.481 e. The number of carbonyl (C=O) groups excluding carboxylic acids is 1. The molecule has 0 fully saturated rings. The molecule has 2 aromatic carbocycles. The maximum Gasteiger partial charge on any atom is 0.266 e. The van der Waals surface area contributed by atoms with Gasteiger partial charge >= 0.3 is 0 Å². The Morgan fingerprint density at radius 3 is 2.38 bits per heavy atom. The normalized spacial score (nSPS) is 12.2. The molecular weight excluding hydrogens is 410 g/mol. The Bertz CT molecular complexity index is 1090. The van der Waals surface area contributed by atoms with Crippen molar-refractivity contribution in [3.63, 3.8) is 0 Å². The number of carbonyl (C=O) groups is 1. The van der Waals surface area contributed by atoms with Crippen molar-refractivity contribution in [2.75, 3.05) is 16.3 Å². The third-order valence-corrected chi connectivity index (χ3v) is 5.29. The molecule has 0 unspecified atom stereocenters. The van der Waals surface area contributed by atoms with Crippen LogP contribution < -0.4 is 14.8 Å². The second-order valence-electron chi connectivity index (χ2n) is 6.55. The fourth-order valence-corrected chi connectivity index (χ4v) is 3.76. The maximum absolute atomic E-state index is 12.4. The molecule has 9 heteroatoms. The van der Waals surface area contributed by atoms with Crippen molar-refractivity contribution in [3.05, 3.63) is 59.5 Å². The van der Waals surface area contributed by atoms with E-state index in [1.807, 2.05) is 36.6 Å². The summed E-state index contributed by atoms with van der Waals surface area (Å²) in [4.78, 5) is 16.8. The standard InChI is InChI=1S/C20H21N3O4S2/c1-13-4-10-17(11-5-13)27-14(2)19(24)22-20-21-18(12-28-20)15-6-8-16(9-7-15)23-29(3,25)26/h4-12,14,23H,1-3H3,(H,21,22,24)/t14-/m1/s1. The zero-order valence-corrected chi connectivity index (χ0v) is 17.8. The average molecular weight is 432 g/mol. The Morgan fingerprint density at radius 1 is 1.10 bits per heavy atom. The highest BCUT2D eigenvalue weighted by atomic mass is 32.2. The van der Waals surface area contributed by atoms with Gasteiger partial charge in [0.25, 0.3) is 5.91 Å². The Balaban J connectivity index is 1.62. The highest BCUT2D eigenvalue weighted by Gasteiger charge is 2.17. The SMILES string of the molecule is Cc1ccc(O[C@H](C)C(=O)Nc2nc(-c3ccc(NS(C)(=O)=O)cc3)cs2)cc1. The first-order valence-electron chi connectivity index (χ1n) is 8.77. The van der Waals surface area contributed by atoms with Crippen molar-refractivity contribution < 1.29 is 17.9 Å². The lowest BCUT2D eigenvalue weighted by atomic mass is 10.1. The predicted molar refractivity (Wildman–Crippen MR) is 116 cm³/mol. The molecule has 0 aliphatic carbocycles. The third-order valence-electron chi connectivity index (χ3n) is 3.92. The number of benzene rings is 2. The van der Waals surface area contributed by atoms with Crippen LogP contribution in [-0.2, 0) is 14.8 Å². The van der Waals surface area contributed by atoms with Gasteiger partial charge < -0.3 is 4.74 Å². The summed E-state index contributed by atoms with van der Waals surface area (Å²) in [6, 6.07) is 14.3. The van der Waals surface area contributed by atoms with Crippen molar-refractivity contribution in [2.24, 2.45) is 0 Å². The number of hydrogen-bond donors (Lipinski definition) is 2. The van der Waals surface area contributed by atoms with E-state index in [0.29, 0.717) is 22.3 Å². The minimum Gasteiger partial charge on any atom is -0.481 e. The molecule has 1 amide bonds. The third kappa shape index (κ3) is 6.03. The van der Waals surface area contributed by atoms with Gasteiger partial charge in [0.2, 0.25) is 10.0 Å². The fraction of sp³-hybridized carbons (Fsp3) is 0.200. The first-order valence-corrected chi connectivity index (χ1v) is 11.5. The summed E-state index contributed by atoms with van der Waals surface area (Å²) in [6.45, 7) is 3.66. The Kier molecular flexibility index (Phi) is 6.19. The minimum atomic E-state index is -3.32. The molecule has 0 aliphatic heterocycles. The summed E-state index contributed by atoms with van der Waals surface area (Å²) in [6.07, 6.45) is 0.422. The summed E-state index contributed by atoms with van der Waals surface area (Å²) in [5, 5.41) is 5.04. The van der Waals surface area contributed by atoms with Crippen molar-refractivity contribution in [2.45, 2.75) is 20.0 Å². The monoisotopic (exact) mass is 431 g/mol. The fourth-order valence-electron chi connectivity index (χ4n) is 2.47. The molecule has 0 spiro atoms. The molecule has 0 saturated carbocycles. The topological polar surface area (TPSA) is 97.4 Å². The van der Waals surface area contributed by atoms with Crippen molar-refractivity contribution >= 4 is 38.1 Å². The molecule has 1 aromatic heterocycles. The molecule has 3 aromatic rings.